The summed E-state index contributed by atoms with van der Waals surface area (Å²) in [6.07, 6.45) is 1.39. The molecular formula is C19H14N4O2. The minimum absolute atomic E-state index is 0.455. The maximum absolute atomic E-state index is 11.7. The van der Waals surface area contributed by atoms with Crippen molar-refractivity contribution in [1.29, 1.82) is 5.26 Å². The average molecular weight is 330 g/mol. The van der Waals surface area contributed by atoms with Crippen LogP contribution in [0.15, 0.2) is 76.2 Å². The SMILES string of the molecule is N#Cc1ccccc1-c1ccc(C=NNC(=O)Nc2ccccc2)o1. The fourth-order valence-corrected chi connectivity index (χ4v) is 2.20. The Hall–Kier alpha value is -3.85. The highest BCUT2D eigenvalue weighted by Gasteiger charge is 2.08. The van der Waals surface area contributed by atoms with E-state index >= 15 is 0 Å². The monoisotopic (exact) mass is 330 g/mol. The average Bonchev–Trinajstić information content (AvgIpc) is 3.11. The van der Waals surface area contributed by atoms with Crippen molar-refractivity contribution < 1.29 is 9.21 Å². The van der Waals surface area contributed by atoms with Crippen LogP contribution in [0, 0.1) is 11.3 Å². The molecule has 0 aliphatic heterocycles. The van der Waals surface area contributed by atoms with E-state index < -0.39 is 6.03 Å². The summed E-state index contributed by atoms with van der Waals surface area (Å²) in [5.74, 6) is 1.02. The van der Waals surface area contributed by atoms with E-state index in [1.165, 1.54) is 6.21 Å². The number of nitrogens with one attached hydrogen (secondary N) is 2. The topological polar surface area (TPSA) is 90.4 Å². The van der Waals surface area contributed by atoms with Crippen molar-refractivity contribution >= 4 is 17.9 Å². The zero-order valence-electron chi connectivity index (χ0n) is 13.1. The van der Waals surface area contributed by atoms with Crippen LogP contribution >= 0.6 is 0 Å². The Morgan fingerprint density at radius 2 is 1.80 bits per heavy atom. The molecular weight excluding hydrogens is 316 g/mol. The highest BCUT2D eigenvalue weighted by atomic mass is 16.3. The van der Waals surface area contributed by atoms with Gasteiger partial charge in [0, 0.05) is 11.3 Å². The molecule has 6 nitrogen and oxygen atoms in total. The molecule has 0 radical (unpaired) electrons. The number of urea groups is 1. The molecule has 0 bridgehead atoms. The molecule has 122 valence electrons. The number of amides is 2. The smallest absolute Gasteiger partial charge is 0.339 e. The largest absolute Gasteiger partial charge is 0.455 e. The lowest BCUT2D eigenvalue weighted by Crippen LogP contribution is -2.24. The highest BCUT2D eigenvalue weighted by Crippen LogP contribution is 2.24. The summed E-state index contributed by atoms with van der Waals surface area (Å²) >= 11 is 0. The molecule has 1 heterocycles. The zero-order valence-corrected chi connectivity index (χ0v) is 13.1. The molecule has 0 unspecified atom stereocenters. The first-order valence-electron chi connectivity index (χ1n) is 7.51. The normalized spacial score (nSPS) is 10.4. The van der Waals surface area contributed by atoms with Crippen LogP contribution in [0.5, 0.6) is 0 Å². The molecule has 3 aromatic rings. The van der Waals surface area contributed by atoms with Crippen molar-refractivity contribution in [1.82, 2.24) is 5.43 Å². The molecule has 25 heavy (non-hydrogen) atoms. The van der Waals surface area contributed by atoms with E-state index in [9.17, 15) is 4.79 Å². The van der Waals surface area contributed by atoms with E-state index in [0.717, 1.165) is 0 Å². The van der Waals surface area contributed by atoms with E-state index in [2.05, 4.69) is 21.9 Å². The second kappa shape index (κ2) is 7.62. The first kappa shape index (κ1) is 16.0. The summed E-state index contributed by atoms with van der Waals surface area (Å²) in [6.45, 7) is 0. The Bertz CT molecular complexity index is 939. The first-order chi connectivity index (χ1) is 12.3. The number of anilines is 1. The lowest BCUT2D eigenvalue weighted by molar-refractivity contribution is 0.252. The zero-order chi connectivity index (χ0) is 17.5. The van der Waals surface area contributed by atoms with Crippen molar-refractivity contribution in [2.24, 2.45) is 5.10 Å². The molecule has 0 saturated heterocycles. The third-order valence-electron chi connectivity index (χ3n) is 3.33. The molecule has 0 aliphatic rings. The Labute approximate surface area is 144 Å². The van der Waals surface area contributed by atoms with Crippen LogP contribution in [0.3, 0.4) is 0 Å². The van der Waals surface area contributed by atoms with Crippen molar-refractivity contribution in [3.05, 3.63) is 78.1 Å². The maximum atomic E-state index is 11.7. The number of hydrogen-bond donors (Lipinski definition) is 2. The third-order valence-corrected chi connectivity index (χ3v) is 3.33. The Morgan fingerprint density at radius 1 is 1.04 bits per heavy atom. The quantitative estimate of drug-likeness (QED) is 0.560. The molecule has 2 aromatic carbocycles. The number of rotatable bonds is 4. The summed E-state index contributed by atoms with van der Waals surface area (Å²) in [4.78, 5) is 11.7. The van der Waals surface area contributed by atoms with Gasteiger partial charge in [0.2, 0.25) is 0 Å². The fourth-order valence-electron chi connectivity index (χ4n) is 2.20. The number of carbonyl (C=O) groups is 1. The number of hydrazone groups is 1. The van der Waals surface area contributed by atoms with Gasteiger partial charge in [-0.2, -0.15) is 10.4 Å². The van der Waals surface area contributed by atoms with Crippen molar-refractivity contribution in [3.63, 3.8) is 0 Å². The molecule has 0 spiro atoms. The predicted molar refractivity (Wildman–Crippen MR) is 95.0 cm³/mol. The first-order valence-corrected chi connectivity index (χ1v) is 7.51. The molecule has 0 atom stereocenters. The van der Waals surface area contributed by atoms with Gasteiger partial charge in [0.1, 0.15) is 11.5 Å². The molecule has 6 heteroatoms. The fraction of sp³-hybridized carbons (Fsp3) is 0. The third kappa shape index (κ3) is 4.12. The molecule has 0 saturated carbocycles. The van der Waals surface area contributed by atoms with Gasteiger partial charge < -0.3 is 9.73 Å². The van der Waals surface area contributed by atoms with Gasteiger partial charge in [0.05, 0.1) is 17.8 Å². The summed E-state index contributed by atoms with van der Waals surface area (Å²) in [7, 11) is 0. The number of nitriles is 1. The van der Waals surface area contributed by atoms with E-state index in [-0.39, 0.29) is 0 Å². The van der Waals surface area contributed by atoms with E-state index in [0.29, 0.717) is 28.3 Å². The number of hydrogen-bond acceptors (Lipinski definition) is 4. The highest BCUT2D eigenvalue weighted by molar-refractivity contribution is 5.90. The number of furan rings is 1. The van der Waals surface area contributed by atoms with Crippen LogP contribution in [0.1, 0.15) is 11.3 Å². The van der Waals surface area contributed by atoms with E-state index in [4.69, 9.17) is 9.68 Å². The van der Waals surface area contributed by atoms with Gasteiger partial charge in [-0.05, 0) is 36.4 Å². The van der Waals surface area contributed by atoms with Gasteiger partial charge in [-0.25, -0.2) is 10.2 Å². The van der Waals surface area contributed by atoms with Crippen LogP contribution < -0.4 is 10.7 Å². The summed E-state index contributed by atoms with van der Waals surface area (Å²) in [5.41, 5.74) is 4.26. The molecule has 0 fully saturated rings. The molecule has 0 aliphatic carbocycles. The number of benzene rings is 2. The van der Waals surface area contributed by atoms with Crippen molar-refractivity contribution in [2.75, 3.05) is 5.32 Å². The molecule has 2 N–H and O–H groups in total. The number of carbonyl (C=O) groups excluding carboxylic acids is 1. The Balaban J connectivity index is 1.62. The van der Waals surface area contributed by atoms with Gasteiger partial charge in [-0.15, -0.1) is 0 Å². The van der Waals surface area contributed by atoms with E-state index in [1.54, 1.807) is 36.4 Å². The second-order valence-corrected chi connectivity index (χ2v) is 5.05. The Morgan fingerprint density at radius 3 is 2.60 bits per heavy atom. The van der Waals surface area contributed by atoms with Gasteiger partial charge in [-0.3, -0.25) is 0 Å². The number of para-hydroxylation sites is 1. The van der Waals surface area contributed by atoms with Gasteiger partial charge in [0.15, 0.2) is 0 Å². The summed E-state index contributed by atoms with van der Waals surface area (Å²) in [5, 5.41) is 15.6. The van der Waals surface area contributed by atoms with Gasteiger partial charge in [0.25, 0.3) is 0 Å². The summed E-state index contributed by atoms with van der Waals surface area (Å²) < 4.78 is 5.64. The summed E-state index contributed by atoms with van der Waals surface area (Å²) in [6, 6.07) is 21.3. The van der Waals surface area contributed by atoms with Crippen LogP contribution in [-0.4, -0.2) is 12.2 Å². The van der Waals surface area contributed by atoms with Gasteiger partial charge in [-0.1, -0.05) is 30.3 Å². The Kier molecular flexibility index (Phi) is 4.88. The van der Waals surface area contributed by atoms with Crippen LogP contribution in [-0.2, 0) is 0 Å². The minimum atomic E-state index is -0.455. The van der Waals surface area contributed by atoms with Crippen molar-refractivity contribution in [3.8, 4) is 17.4 Å². The lowest BCUT2D eigenvalue weighted by atomic mass is 10.1. The molecule has 3 rings (SSSR count). The predicted octanol–water partition coefficient (Wildman–Crippen LogP) is 3.97. The van der Waals surface area contributed by atoms with Crippen molar-refractivity contribution in [2.45, 2.75) is 0 Å². The molecule has 1 aromatic heterocycles. The lowest BCUT2D eigenvalue weighted by Gasteiger charge is -2.02. The van der Waals surface area contributed by atoms with Gasteiger partial charge >= 0.3 is 6.03 Å². The van der Waals surface area contributed by atoms with Crippen LogP contribution in [0.25, 0.3) is 11.3 Å². The maximum Gasteiger partial charge on any atom is 0.339 e. The van der Waals surface area contributed by atoms with Crippen LogP contribution in [0.2, 0.25) is 0 Å². The standard InChI is InChI=1S/C19H14N4O2/c20-12-14-6-4-5-9-17(14)18-11-10-16(25-18)13-21-23-19(24)22-15-7-2-1-3-8-15/h1-11,13H,(H2,22,23,24). The van der Waals surface area contributed by atoms with E-state index in [1.807, 2.05) is 30.3 Å². The second-order valence-electron chi connectivity index (χ2n) is 5.05. The molecule has 2 amide bonds. The minimum Gasteiger partial charge on any atom is -0.455 e. The van der Waals surface area contributed by atoms with Crippen LogP contribution in [0.4, 0.5) is 10.5 Å². The number of nitrogens with zero attached hydrogens (tertiary/aromatic N) is 2.